The van der Waals surface area contributed by atoms with E-state index in [4.69, 9.17) is 22.1 Å². The van der Waals surface area contributed by atoms with E-state index >= 15 is 0 Å². The highest BCUT2D eigenvalue weighted by Crippen LogP contribution is 2.24. The van der Waals surface area contributed by atoms with E-state index in [1.165, 1.54) is 0 Å². The zero-order valence-corrected chi connectivity index (χ0v) is 12.5. The highest BCUT2D eigenvalue weighted by atomic mass is 35.5. The molecule has 3 N–H and O–H groups in total. The van der Waals surface area contributed by atoms with Crippen LogP contribution in [0.2, 0.25) is 5.02 Å². The average molecular weight is 305 g/mol. The van der Waals surface area contributed by atoms with E-state index in [1.807, 2.05) is 13.0 Å². The van der Waals surface area contributed by atoms with Gasteiger partial charge in [-0.3, -0.25) is 4.79 Å². The number of nitrogen functional groups attached to an aromatic ring is 1. The first kappa shape index (κ1) is 15.2. The molecular weight excluding hydrogens is 288 g/mol. The summed E-state index contributed by atoms with van der Waals surface area (Å²) in [4.78, 5) is 12.2. The SMILES string of the molecule is CCCOc1cccc(C(=O)Nc2cc(Cl)ccc2N)c1. The number of hydrogen-bond donors (Lipinski definition) is 2. The first-order valence-corrected chi connectivity index (χ1v) is 7.07. The summed E-state index contributed by atoms with van der Waals surface area (Å²) in [6.07, 6.45) is 0.912. The molecular formula is C16H17ClN2O2. The monoisotopic (exact) mass is 304 g/mol. The number of anilines is 2. The van der Waals surface area contributed by atoms with E-state index in [1.54, 1.807) is 36.4 Å². The molecule has 2 aromatic rings. The summed E-state index contributed by atoms with van der Waals surface area (Å²) in [6, 6.07) is 12.0. The Morgan fingerprint density at radius 2 is 2.10 bits per heavy atom. The minimum atomic E-state index is -0.258. The quantitative estimate of drug-likeness (QED) is 0.822. The van der Waals surface area contributed by atoms with E-state index in [2.05, 4.69) is 5.32 Å². The molecule has 0 atom stereocenters. The predicted octanol–water partition coefficient (Wildman–Crippen LogP) is 3.96. The van der Waals surface area contributed by atoms with Crippen LogP contribution in [-0.4, -0.2) is 12.5 Å². The number of carbonyl (C=O) groups excluding carboxylic acids is 1. The van der Waals surface area contributed by atoms with E-state index in [0.29, 0.717) is 34.3 Å². The van der Waals surface area contributed by atoms with E-state index in [9.17, 15) is 4.79 Å². The molecule has 0 heterocycles. The van der Waals surface area contributed by atoms with Crippen LogP contribution in [0.1, 0.15) is 23.7 Å². The lowest BCUT2D eigenvalue weighted by atomic mass is 10.2. The van der Waals surface area contributed by atoms with Gasteiger partial charge >= 0.3 is 0 Å². The van der Waals surface area contributed by atoms with Gasteiger partial charge in [-0.05, 0) is 42.8 Å². The van der Waals surface area contributed by atoms with Crippen molar-refractivity contribution in [2.75, 3.05) is 17.7 Å². The molecule has 0 saturated heterocycles. The maximum absolute atomic E-state index is 12.2. The second-order valence-corrected chi connectivity index (χ2v) is 5.00. The van der Waals surface area contributed by atoms with Crippen LogP contribution in [0.15, 0.2) is 42.5 Å². The van der Waals surface area contributed by atoms with Gasteiger partial charge in [0.2, 0.25) is 0 Å². The molecule has 0 saturated carbocycles. The number of amides is 1. The molecule has 0 bridgehead atoms. The number of nitrogens with two attached hydrogens (primary N) is 1. The Balaban J connectivity index is 2.14. The molecule has 1 amide bonds. The van der Waals surface area contributed by atoms with Crippen molar-refractivity contribution in [3.8, 4) is 5.75 Å². The van der Waals surface area contributed by atoms with Gasteiger partial charge in [-0.25, -0.2) is 0 Å². The number of carbonyl (C=O) groups is 1. The Hall–Kier alpha value is -2.20. The zero-order chi connectivity index (χ0) is 15.2. The maximum atomic E-state index is 12.2. The molecule has 0 aliphatic heterocycles. The van der Waals surface area contributed by atoms with Crippen molar-refractivity contribution in [3.05, 3.63) is 53.1 Å². The zero-order valence-electron chi connectivity index (χ0n) is 11.7. The molecule has 0 aromatic heterocycles. The van der Waals surface area contributed by atoms with Gasteiger partial charge in [-0.15, -0.1) is 0 Å². The standard InChI is InChI=1S/C16H17ClN2O2/c1-2-8-21-13-5-3-4-11(9-13)16(20)19-15-10-12(17)6-7-14(15)18/h3-7,9-10H,2,8,18H2,1H3,(H,19,20). The summed E-state index contributed by atoms with van der Waals surface area (Å²) in [6.45, 7) is 2.64. The Labute approximate surface area is 128 Å². The summed E-state index contributed by atoms with van der Waals surface area (Å²) in [5, 5.41) is 3.26. The van der Waals surface area contributed by atoms with Gasteiger partial charge in [0.1, 0.15) is 5.75 Å². The maximum Gasteiger partial charge on any atom is 0.255 e. The van der Waals surface area contributed by atoms with Crippen LogP contribution in [-0.2, 0) is 0 Å². The molecule has 5 heteroatoms. The van der Waals surface area contributed by atoms with Crippen molar-refractivity contribution < 1.29 is 9.53 Å². The number of ether oxygens (including phenoxy) is 1. The third kappa shape index (κ3) is 4.13. The number of hydrogen-bond acceptors (Lipinski definition) is 3. The Kier molecular flexibility index (Phi) is 5.06. The summed E-state index contributed by atoms with van der Waals surface area (Å²) >= 11 is 5.90. The van der Waals surface area contributed by atoms with Crippen LogP contribution in [0.25, 0.3) is 0 Å². The van der Waals surface area contributed by atoms with Crippen molar-refractivity contribution in [3.63, 3.8) is 0 Å². The van der Waals surface area contributed by atoms with Gasteiger partial charge < -0.3 is 15.8 Å². The minimum absolute atomic E-state index is 0.258. The third-order valence-corrected chi connectivity index (χ3v) is 3.07. The fraction of sp³-hybridized carbons (Fsp3) is 0.188. The fourth-order valence-corrected chi connectivity index (χ4v) is 1.95. The third-order valence-electron chi connectivity index (χ3n) is 2.83. The number of benzene rings is 2. The van der Waals surface area contributed by atoms with Gasteiger partial charge in [0.15, 0.2) is 0 Å². The second-order valence-electron chi connectivity index (χ2n) is 4.56. The first-order valence-electron chi connectivity index (χ1n) is 6.69. The number of rotatable bonds is 5. The second kappa shape index (κ2) is 6.99. The Morgan fingerprint density at radius 1 is 1.29 bits per heavy atom. The summed E-state index contributed by atoms with van der Waals surface area (Å²) < 4.78 is 5.51. The van der Waals surface area contributed by atoms with Crippen molar-refractivity contribution in [1.29, 1.82) is 0 Å². The highest BCUT2D eigenvalue weighted by Gasteiger charge is 2.09. The lowest BCUT2D eigenvalue weighted by molar-refractivity contribution is 0.102. The first-order chi connectivity index (χ1) is 10.1. The molecule has 0 radical (unpaired) electrons. The van der Waals surface area contributed by atoms with Gasteiger partial charge in [-0.2, -0.15) is 0 Å². The van der Waals surface area contributed by atoms with Crippen molar-refractivity contribution >= 4 is 28.9 Å². The fourth-order valence-electron chi connectivity index (χ4n) is 1.78. The van der Waals surface area contributed by atoms with Gasteiger partial charge in [0, 0.05) is 10.6 Å². The van der Waals surface area contributed by atoms with Crippen LogP contribution < -0.4 is 15.8 Å². The van der Waals surface area contributed by atoms with Gasteiger partial charge in [0.25, 0.3) is 5.91 Å². The van der Waals surface area contributed by atoms with Crippen LogP contribution in [0.3, 0.4) is 0 Å². The Bertz CT molecular complexity index is 644. The minimum Gasteiger partial charge on any atom is -0.494 e. The topological polar surface area (TPSA) is 64.3 Å². The van der Waals surface area contributed by atoms with E-state index in [-0.39, 0.29) is 5.91 Å². The van der Waals surface area contributed by atoms with E-state index < -0.39 is 0 Å². The summed E-state index contributed by atoms with van der Waals surface area (Å²) in [7, 11) is 0. The molecule has 0 fully saturated rings. The van der Waals surface area contributed by atoms with Crippen molar-refractivity contribution in [2.24, 2.45) is 0 Å². The van der Waals surface area contributed by atoms with Crippen LogP contribution in [0.5, 0.6) is 5.75 Å². The summed E-state index contributed by atoms with van der Waals surface area (Å²) in [5.41, 5.74) is 7.27. The van der Waals surface area contributed by atoms with Gasteiger partial charge in [-0.1, -0.05) is 24.6 Å². The molecule has 0 aliphatic rings. The average Bonchev–Trinajstić information content (AvgIpc) is 2.49. The predicted molar refractivity (Wildman–Crippen MR) is 86.0 cm³/mol. The summed E-state index contributed by atoms with van der Waals surface area (Å²) in [5.74, 6) is 0.412. The lowest BCUT2D eigenvalue weighted by Crippen LogP contribution is -2.13. The lowest BCUT2D eigenvalue weighted by Gasteiger charge is -2.10. The Morgan fingerprint density at radius 3 is 2.86 bits per heavy atom. The molecule has 110 valence electrons. The van der Waals surface area contributed by atoms with Gasteiger partial charge in [0.05, 0.1) is 18.0 Å². The normalized spacial score (nSPS) is 10.2. The molecule has 2 rings (SSSR count). The van der Waals surface area contributed by atoms with E-state index in [0.717, 1.165) is 6.42 Å². The van der Waals surface area contributed by atoms with Crippen molar-refractivity contribution in [2.45, 2.75) is 13.3 Å². The molecule has 0 unspecified atom stereocenters. The molecule has 2 aromatic carbocycles. The molecule has 4 nitrogen and oxygen atoms in total. The smallest absolute Gasteiger partial charge is 0.255 e. The molecule has 21 heavy (non-hydrogen) atoms. The number of nitrogens with one attached hydrogen (secondary N) is 1. The van der Waals surface area contributed by atoms with Crippen molar-refractivity contribution in [1.82, 2.24) is 0 Å². The van der Waals surface area contributed by atoms with Crippen LogP contribution in [0.4, 0.5) is 11.4 Å². The highest BCUT2D eigenvalue weighted by molar-refractivity contribution is 6.31. The largest absolute Gasteiger partial charge is 0.494 e. The molecule has 0 aliphatic carbocycles. The number of halogens is 1. The molecule has 0 spiro atoms. The van der Waals surface area contributed by atoms with Crippen LogP contribution >= 0.6 is 11.6 Å². The van der Waals surface area contributed by atoms with Crippen LogP contribution in [0, 0.1) is 0 Å².